The molecule has 0 aromatic rings. The smallest absolute Gasteiger partial charge is 0.472 e. The van der Waals surface area contributed by atoms with Crippen molar-refractivity contribution < 1.29 is 97.4 Å². The highest BCUT2D eigenvalue weighted by Gasteiger charge is 2.56. The summed E-state index contributed by atoms with van der Waals surface area (Å²) in [7, 11) is -5.49. The van der Waals surface area contributed by atoms with E-state index >= 15 is 0 Å². The van der Waals surface area contributed by atoms with Gasteiger partial charge in [-0.1, -0.05) is 142 Å². The number of aliphatic hydroxyl groups is 7. The number of carboxylic acids is 1. The van der Waals surface area contributed by atoms with Gasteiger partial charge in [0.2, 0.25) is 0 Å². The van der Waals surface area contributed by atoms with Gasteiger partial charge in [-0.15, -0.1) is 0 Å². The molecular weight excluding hydrogens is 917 g/mol. The lowest BCUT2D eigenvalue weighted by Gasteiger charge is -2.48. The number of unbranched alkanes of at least 4 members (excludes halogenated alkanes) is 20. The number of ether oxygens (including phenoxy) is 5. The maximum Gasteiger partial charge on any atom is 0.472 e. The molecule has 2 rings (SSSR count). The van der Waals surface area contributed by atoms with E-state index in [1.807, 2.05) is 0 Å². The first-order chi connectivity index (χ1) is 32.5. The third-order valence-corrected chi connectivity index (χ3v) is 13.3. The predicted octanol–water partition coefficient (Wildman–Crippen LogP) is 3.42. The van der Waals surface area contributed by atoms with Gasteiger partial charge in [0.15, 0.2) is 12.4 Å². The molecule has 400 valence electrons. The van der Waals surface area contributed by atoms with Gasteiger partial charge in [-0.25, -0.2) is 4.57 Å². The SMILES string of the molecule is CCCCCCCCCCCCCC(=O)OC[C@@H](COP(=O)(O)O[C@@H]1[C@H](O[C@H]2O[C@H](CO)[C@@H](O)[C@H](O)[C@@H]2O)[C@H](O)[C@@H](O)[C@H](O)[C@H]1OC[C@H](N)C(=O)O)OC(=O)CCCCCCCCCCCCC. The van der Waals surface area contributed by atoms with Gasteiger partial charge < -0.3 is 75.2 Å². The Labute approximate surface area is 401 Å². The molecule has 68 heavy (non-hydrogen) atoms. The second-order valence-corrected chi connectivity index (χ2v) is 19.6. The van der Waals surface area contributed by atoms with Crippen LogP contribution in [0.1, 0.15) is 168 Å². The van der Waals surface area contributed by atoms with E-state index in [0.717, 1.165) is 57.8 Å². The Morgan fingerprint density at radius 1 is 0.588 bits per heavy atom. The first kappa shape index (κ1) is 62.2. The molecule has 22 heteroatoms. The second kappa shape index (κ2) is 35.2. The summed E-state index contributed by atoms with van der Waals surface area (Å²) in [4.78, 5) is 48.4. The molecule has 1 aliphatic heterocycles. The topological polar surface area (TPSA) is 341 Å². The number of carbonyl (C=O) groups is 3. The van der Waals surface area contributed by atoms with Crippen LogP contribution in [0.15, 0.2) is 0 Å². The summed E-state index contributed by atoms with van der Waals surface area (Å²) in [6, 6.07) is -1.73. The van der Waals surface area contributed by atoms with Crippen molar-refractivity contribution in [1.82, 2.24) is 0 Å². The van der Waals surface area contributed by atoms with Gasteiger partial charge in [0.25, 0.3) is 0 Å². The number of phosphoric ester groups is 1. The summed E-state index contributed by atoms with van der Waals surface area (Å²) < 4.78 is 51.7. The molecule has 0 amide bonds. The van der Waals surface area contributed by atoms with E-state index in [9.17, 15) is 64.7 Å². The molecule has 11 N–H and O–H groups in total. The Balaban J connectivity index is 2.16. The molecule has 0 aromatic heterocycles. The van der Waals surface area contributed by atoms with E-state index in [0.29, 0.717) is 12.8 Å². The Kier molecular flexibility index (Phi) is 32.2. The average molecular weight is 1000 g/mol. The molecule has 0 aromatic carbocycles. The van der Waals surface area contributed by atoms with Crippen molar-refractivity contribution in [3.8, 4) is 0 Å². The average Bonchev–Trinajstić information content (AvgIpc) is 3.30. The number of nitrogens with two attached hydrogens (primary N) is 1. The molecule has 1 saturated heterocycles. The lowest BCUT2D eigenvalue weighted by molar-refractivity contribution is -0.339. The van der Waals surface area contributed by atoms with Crippen molar-refractivity contribution in [2.45, 2.75) is 247 Å². The fourth-order valence-electron chi connectivity index (χ4n) is 8.11. The van der Waals surface area contributed by atoms with Crippen LogP contribution in [-0.4, -0.2) is 170 Å². The summed E-state index contributed by atoms with van der Waals surface area (Å²) in [6.07, 6.45) is -0.233. The van der Waals surface area contributed by atoms with E-state index in [-0.39, 0.29) is 12.8 Å². The number of carbonyl (C=O) groups excluding carboxylic acids is 2. The maximum absolute atomic E-state index is 13.7. The van der Waals surface area contributed by atoms with Crippen LogP contribution in [-0.2, 0) is 51.7 Å². The van der Waals surface area contributed by atoms with Crippen molar-refractivity contribution in [3.05, 3.63) is 0 Å². The molecule has 0 radical (unpaired) electrons. The largest absolute Gasteiger partial charge is 0.480 e. The Morgan fingerprint density at radius 2 is 1.04 bits per heavy atom. The van der Waals surface area contributed by atoms with Crippen LogP contribution in [0.4, 0.5) is 0 Å². The molecule has 21 nitrogen and oxygen atoms in total. The van der Waals surface area contributed by atoms with Gasteiger partial charge in [-0.2, -0.15) is 0 Å². The molecule has 1 aliphatic carbocycles. The minimum Gasteiger partial charge on any atom is -0.480 e. The molecular formula is C46H86NO20P. The minimum atomic E-state index is -5.49. The molecule has 1 heterocycles. The molecule has 0 spiro atoms. The molecule has 1 unspecified atom stereocenters. The molecule has 2 fully saturated rings. The molecule has 2 aliphatic rings. The van der Waals surface area contributed by atoms with Gasteiger partial charge in [-0.3, -0.25) is 23.4 Å². The van der Waals surface area contributed by atoms with E-state index < -0.39 is 132 Å². The maximum atomic E-state index is 13.7. The second-order valence-electron chi connectivity index (χ2n) is 18.2. The van der Waals surface area contributed by atoms with Gasteiger partial charge in [-0.05, 0) is 12.8 Å². The van der Waals surface area contributed by atoms with Crippen LogP contribution in [0.3, 0.4) is 0 Å². The van der Waals surface area contributed by atoms with E-state index in [4.69, 9.17) is 38.5 Å². The Hall–Kier alpha value is -1.92. The molecule has 14 atom stereocenters. The van der Waals surface area contributed by atoms with Gasteiger partial charge in [0, 0.05) is 12.8 Å². The minimum absolute atomic E-state index is 0.00212. The van der Waals surface area contributed by atoms with E-state index in [2.05, 4.69) is 13.8 Å². The number of rotatable bonds is 39. The number of hydrogen-bond donors (Lipinski definition) is 10. The highest BCUT2D eigenvalue weighted by atomic mass is 31.2. The fourth-order valence-corrected chi connectivity index (χ4v) is 9.07. The highest BCUT2D eigenvalue weighted by molar-refractivity contribution is 7.47. The number of hydrogen-bond acceptors (Lipinski definition) is 19. The van der Waals surface area contributed by atoms with Crippen molar-refractivity contribution in [1.29, 1.82) is 0 Å². The van der Waals surface area contributed by atoms with Crippen LogP contribution in [0, 0.1) is 0 Å². The summed E-state index contributed by atoms with van der Waals surface area (Å²) in [5.74, 6) is -2.83. The summed E-state index contributed by atoms with van der Waals surface area (Å²) >= 11 is 0. The summed E-state index contributed by atoms with van der Waals surface area (Å²) in [5, 5.41) is 83.1. The summed E-state index contributed by atoms with van der Waals surface area (Å²) in [6.45, 7) is 1.14. The van der Waals surface area contributed by atoms with Crippen molar-refractivity contribution in [3.63, 3.8) is 0 Å². The van der Waals surface area contributed by atoms with Crippen molar-refractivity contribution in [2.24, 2.45) is 5.73 Å². The summed E-state index contributed by atoms with van der Waals surface area (Å²) in [5.41, 5.74) is 5.57. The number of esters is 2. The normalized spacial score (nSPS) is 28.1. The van der Waals surface area contributed by atoms with Crippen molar-refractivity contribution >= 4 is 25.7 Å². The van der Waals surface area contributed by atoms with Gasteiger partial charge in [0.05, 0.1) is 19.8 Å². The fraction of sp³-hybridized carbons (Fsp3) is 0.935. The number of aliphatic hydroxyl groups excluding tert-OH is 7. The first-order valence-corrected chi connectivity index (χ1v) is 26.6. The zero-order chi connectivity index (χ0) is 50.5. The van der Waals surface area contributed by atoms with Crippen LogP contribution < -0.4 is 5.73 Å². The molecule has 1 saturated carbocycles. The number of phosphoric acid groups is 1. The quantitative estimate of drug-likeness (QED) is 0.0239. The lowest BCUT2D eigenvalue weighted by Crippen LogP contribution is -2.68. The molecule has 0 bridgehead atoms. The van der Waals surface area contributed by atoms with Gasteiger partial charge in [0.1, 0.15) is 73.7 Å². The van der Waals surface area contributed by atoms with Crippen LogP contribution >= 0.6 is 7.82 Å². The Morgan fingerprint density at radius 3 is 1.53 bits per heavy atom. The predicted molar refractivity (Wildman–Crippen MR) is 246 cm³/mol. The zero-order valence-corrected chi connectivity index (χ0v) is 41.2. The van der Waals surface area contributed by atoms with Crippen LogP contribution in [0.5, 0.6) is 0 Å². The van der Waals surface area contributed by atoms with Crippen LogP contribution in [0.25, 0.3) is 0 Å². The zero-order valence-electron chi connectivity index (χ0n) is 40.3. The number of aliphatic carboxylic acids is 1. The lowest BCUT2D eigenvalue weighted by atomic mass is 9.84. The standard InChI is InChI=1S/C46H86NO20P/c1-3-5-7-9-11-13-15-17-19-21-23-25-34(49)61-28-31(64-35(50)26-24-22-20-18-16-14-12-10-8-6-4-2)29-63-68(59,60)67-44-42(62-30-32(47)45(57)58)39(54)38(53)40(55)43(44)66-46-41(56)37(52)36(51)33(27-48)65-46/h31-33,36-44,46,48,51-56H,3-30,47H2,1-2H3,(H,57,58)(H,59,60)/t31-,32-,33+,36+,37-,38-,39-,40+,41-,42+,43+,44-,46+/m0/s1. The van der Waals surface area contributed by atoms with E-state index in [1.165, 1.54) is 70.6 Å². The highest BCUT2D eigenvalue weighted by Crippen LogP contribution is 2.48. The van der Waals surface area contributed by atoms with Gasteiger partial charge >= 0.3 is 25.7 Å². The van der Waals surface area contributed by atoms with Crippen LogP contribution in [0.2, 0.25) is 0 Å². The van der Waals surface area contributed by atoms with E-state index in [1.54, 1.807) is 0 Å². The Bertz CT molecular complexity index is 1410. The van der Waals surface area contributed by atoms with Crippen molar-refractivity contribution in [2.75, 3.05) is 26.4 Å². The third-order valence-electron chi connectivity index (χ3n) is 12.3. The third kappa shape index (κ3) is 24.0. The monoisotopic (exact) mass is 1000 g/mol. The first-order valence-electron chi connectivity index (χ1n) is 25.1. The number of carboxylic acid groups (broad SMARTS) is 1.